The second-order valence-electron chi connectivity index (χ2n) is 3.83. The standard InChI is InChI=1S/C12H14N2O3/c1-14-10-5-9(13)11(16-2)4-7(10)8(6-15)12(14)17-3/h4-5,12H,13H2,1-3H3. The fourth-order valence-corrected chi connectivity index (χ4v) is 2.10. The van der Waals surface area contributed by atoms with E-state index in [1.165, 1.54) is 7.11 Å². The van der Waals surface area contributed by atoms with Gasteiger partial charge in [0.1, 0.15) is 11.7 Å². The van der Waals surface area contributed by atoms with E-state index in [2.05, 4.69) is 0 Å². The highest BCUT2D eigenvalue weighted by Gasteiger charge is 2.33. The predicted octanol–water partition coefficient (Wildman–Crippen LogP) is 0.915. The third-order valence-electron chi connectivity index (χ3n) is 2.95. The molecule has 2 rings (SSSR count). The summed E-state index contributed by atoms with van der Waals surface area (Å²) in [4.78, 5) is 12.9. The number of anilines is 2. The van der Waals surface area contributed by atoms with Gasteiger partial charge in [0, 0.05) is 25.4 Å². The Morgan fingerprint density at radius 2 is 2.12 bits per heavy atom. The van der Waals surface area contributed by atoms with Crippen molar-refractivity contribution in [2.45, 2.75) is 6.23 Å². The Morgan fingerprint density at radius 1 is 1.41 bits per heavy atom. The molecule has 1 aromatic rings. The first-order chi connectivity index (χ1) is 8.13. The first kappa shape index (κ1) is 11.5. The van der Waals surface area contributed by atoms with Crippen molar-refractivity contribution in [3.8, 4) is 5.75 Å². The van der Waals surface area contributed by atoms with Crippen molar-refractivity contribution in [2.24, 2.45) is 0 Å². The summed E-state index contributed by atoms with van der Waals surface area (Å²) >= 11 is 0. The third kappa shape index (κ3) is 1.56. The highest BCUT2D eigenvalue weighted by molar-refractivity contribution is 6.00. The molecule has 1 unspecified atom stereocenters. The second kappa shape index (κ2) is 4.13. The average molecular weight is 234 g/mol. The molecule has 5 heteroatoms. The third-order valence-corrected chi connectivity index (χ3v) is 2.95. The lowest BCUT2D eigenvalue weighted by Gasteiger charge is -2.20. The Hall–Kier alpha value is -1.97. The maximum Gasteiger partial charge on any atom is 0.166 e. The van der Waals surface area contributed by atoms with Crippen molar-refractivity contribution >= 4 is 22.9 Å². The van der Waals surface area contributed by atoms with Crippen molar-refractivity contribution in [1.29, 1.82) is 0 Å². The van der Waals surface area contributed by atoms with Crippen molar-refractivity contribution in [1.82, 2.24) is 0 Å². The van der Waals surface area contributed by atoms with Gasteiger partial charge >= 0.3 is 0 Å². The average Bonchev–Trinajstić information content (AvgIpc) is 2.60. The molecule has 0 saturated carbocycles. The summed E-state index contributed by atoms with van der Waals surface area (Å²) in [6.07, 6.45) is -0.422. The van der Waals surface area contributed by atoms with Crippen LogP contribution >= 0.6 is 0 Å². The van der Waals surface area contributed by atoms with Crippen LogP contribution in [0.4, 0.5) is 11.4 Å². The molecule has 0 amide bonds. The van der Waals surface area contributed by atoms with Gasteiger partial charge < -0.3 is 20.1 Å². The van der Waals surface area contributed by atoms with E-state index >= 15 is 0 Å². The van der Waals surface area contributed by atoms with Gasteiger partial charge in [0.15, 0.2) is 6.23 Å². The van der Waals surface area contributed by atoms with E-state index in [0.717, 1.165) is 11.3 Å². The van der Waals surface area contributed by atoms with E-state index in [1.54, 1.807) is 19.2 Å². The number of nitrogens with two attached hydrogens (primary N) is 1. The molecule has 1 aliphatic rings. The Kier molecular flexibility index (Phi) is 2.79. The Balaban J connectivity index is 2.64. The van der Waals surface area contributed by atoms with Crippen LogP contribution in [0.3, 0.4) is 0 Å². The molecule has 1 atom stereocenters. The molecular formula is C12H14N2O3. The molecule has 1 aromatic carbocycles. The molecule has 0 spiro atoms. The number of hydrogen-bond donors (Lipinski definition) is 1. The molecule has 1 aliphatic heterocycles. The molecule has 90 valence electrons. The highest BCUT2D eigenvalue weighted by Crippen LogP contribution is 2.42. The van der Waals surface area contributed by atoms with E-state index in [1.807, 2.05) is 17.9 Å². The van der Waals surface area contributed by atoms with Gasteiger partial charge in [-0.15, -0.1) is 0 Å². The molecule has 0 saturated heterocycles. The first-order valence-corrected chi connectivity index (χ1v) is 5.12. The van der Waals surface area contributed by atoms with Crippen LogP contribution < -0.4 is 15.4 Å². The Labute approximate surface area is 99.4 Å². The molecule has 0 radical (unpaired) electrons. The van der Waals surface area contributed by atoms with E-state index in [4.69, 9.17) is 15.2 Å². The van der Waals surface area contributed by atoms with E-state index in [-0.39, 0.29) is 0 Å². The minimum Gasteiger partial charge on any atom is -0.495 e. The maximum absolute atomic E-state index is 11.0. The molecule has 2 N–H and O–H groups in total. The van der Waals surface area contributed by atoms with Crippen molar-refractivity contribution < 1.29 is 14.3 Å². The topological polar surface area (TPSA) is 64.8 Å². The van der Waals surface area contributed by atoms with Crippen molar-refractivity contribution in [3.63, 3.8) is 0 Å². The summed E-state index contributed by atoms with van der Waals surface area (Å²) in [5.41, 5.74) is 8.42. The fourth-order valence-electron chi connectivity index (χ4n) is 2.10. The number of ether oxygens (including phenoxy) is 2. The van der Waals surface area contributed by atoms with Crippen LogP contribution in [0, 0.1) is 0 Å². The van der Waals surface area contributed by atoms with Gasteiger partial charge in [0.05, 0.1) is 18.4 Å². The number of carbonyl (C=O) groups excluding carboxylic acids is 1. The number of hydrogen-bond acceptors (Lipinski definition) is 5. The Bertz CT molecular complexity index is 507. The number of benzene rings is 1. The quantitative estimate of drug-likeness (QED) is 0.608. The molecular weight excluding hydrogens is 220 g/mol. The molecule has 0 bridgehead atoms. The number of fused-ring (bicyclic) bond motifs is 1. The summed E-state index contributed by atoms with van der Waals surface area (Å²) in [6.45, 7) is 0. The number of nitrogens with zero attached hydrogens (tertiary/aromatic N) is 1. The summed E-state index contributed by atoms with van der Waals surface area (Å²) in [7, 11) is 4.92. The van der Waals surface area contributed by atoms with Crippen molar-refractivity contribution in [2.75, 3.05) is 31.9 Å². The van der Waals surface area contributed by atoms with Gasteiger partial charge in [0.2, 0.25) is 0 Å². The zero-order valence-electron chi connectivity index (χ0n) is 9.98. The zero-order chi connectivity index (χ0) is 12.6. The van der Waals surface area contributed by atoms with Gasteiger partial charge in [0.25, 0.3) is 0 Å². The SMILES string of the molecule is COc1cc2c(cc1N)N(C)C(OC)C2=C=O. The maximum atomic E-state index is 11.0. The number of nitrogen functional groups attached to an aromatic ring is 1. The van der Waals surface area contributed by atoms with Crippen LogP contribution in [-0.2, 0) is 9.53 Å². The molecule has 5 nitrogen and oxygen atoms in total. The largest absolute Gasteiger partial charge is 0.495 e. The molecule has 0 aliphatic carbocycles. The number of methoxy groups -OCH3 is 2. The minimum atomic E-state index is -0.422. The van der Waals surface area contributed by atoms with Gasteiger partial charge in [-0.25, -0.2) is 4.79 Å². The summed E-state index contributed by atoms with van der Waals surface area (Å²) in [5.74, 6) is 2.47. The monoisotopic (exact) mass is 234 g/mol. The summed E-state index contributed by atoms with van der Waals surface area (Å²) < 4.78 is 10.4. The Morgan fingerprint density at radius 3 is 2.65 bits per heavy atom. The van der Waals surface area contributed by atoms with Crippen LogP contribution in [0.15, 0.2) is 12.1 Å². The number of rotatable bonds is 2. The normalized spacial score (nSPS) is 17.9. The lowest BCUT2D eigenvalue weighted by atomic mass is 10.1. The van der Waals surface area contributed by atoms with Gasteiger partial charge in [-0.3, -0.25) is 0 Å². The lowest BCUT2D eigenvalue weighted by molar-refractivity contribution is 0.153. The number of likely N-dealkylation sites (N-methyl/N-ethyl adjacent to an activating group) is 1. The molecule has 0 aromatic heterocycles. The van der Waals surface area contributed by atoms with E-state index in [0.29, 0.717) is 17.0 Å². The van der Waals surface area contributed by atoms with Crippen molar-refractivity contribution in [3.05, 3.63) is 17.7 Å². The van der Waals surface area contributed by atoms with Gasteiger partial charge in [-0.05, 0) is 12.1 Å². The first-order valence-electron chi connectivity index (χ1n) is 5.12. The van der Waals surface area contributed by atoms with Crippen LogP contribution in [0.25, 0.3) is 5.57 Å². The van der Waals surface area contributed by atoms with E-state index in [9.17, 15) is 4.79 Å². The summed E-state index contributed by atoms with van der Waals surface area (Å²) in [6, 6.07) is 3.50. The highest BCUT2D eigenvalue weighted by atomic mass is 16.5. The summed E-state index contributed by atoms with van der Waals surface area (Å²) in [5, 5.41) is 0. The molecule has 17 heavy (non-hydrogen) atoms. The lowest BCUT2D eigenvalue weighted by Crippen LogP contribution is -2.28. The van der Waals surface area contributed by atoms with Gasteiger partial charge in [-0.1, -0.05) is 0 Å². The molecule has 0 fully saturated rings. The van der Waals surface area contributed by atoms with Crippen LogP contribution in [-0.4, -0.2) is 33.4 Å². The zero-order valence-corrected chi connectivity index (χ0v) is 9.98. The smallest absolute Gasteiger partial charge is 0.166 e. The fraction of sp³-hybridized carbons (Fsp3) is 0.333. The van der Waals surface area contributed by atoms with E-state index < -0.39 is 6.23 Å². The van der Waals surface area contributed by atoms with Crippen LogP contribution in [0.5, 0.6) is 5.75 Å². The molecule has 1 heterocycles. The van der Waals surface area contributed by atoms with Gasteiger partial charge in [-0.2, -0.15) is 0 Å². The van der Waals surface area contributed by atoms with Crippen LogP contribution in [0.2, 0.25) is 0 Å². The second-order valence-corrected chi connectivity index (χ2v) is 3.83. The predicted molar refractivity (Wildman–Crippen MR) is 65.7 cm³/mol. The minimum absolute atomic E-state index is 0.422. The van der Waals surface area contributed by atoms with Crippen LogP contribution in [0.1, 0.15) is 5.56 Å².